The van der Waals surface area contributed by atoms with Crippen LogP contribution in [0.25, 0.3) is 0 Å². The summed E-state index contributed by atoms with van der Waals surface area (Å²) >= 11 is 17.6. The number of nitrogens with zero attached hydrogens (tertiary/aromatic N) is 1. The lowest BCUT2D eigenvalue weighted by atomic mass is 10.2. The van der Waals surface area contributed by atoms with E-state index in [0.29, 0.717) is 15.7 Å². The number of halogens is 3. The number of nitro benzene ring substituents is 1. The monoisotopic (exact) mass is 316 g/mol. The van der Waals surface area contributed by atoms with E-state index < -0.39 is 4.92 Å². The summed E-state index contributed by atoms with van der Waals surface area (Å²) in [5, 5.41) is 14.8. The Morgan fingerprint density at radius 1 is 1.00 bits per heavy atom. The lowest BCUT2D eigenvalue weighted by molar-refractivity contribution is -0.383. The zero-order valence-corrected chi connectivity index (χ0v) is 11.6. The van der Waals surface area contributed by atoms with Gasteiger partial charge in [0, 0.05) is 5.02 Å². The largest absolute Gasteiger partial charge is 0.349 e. The van der Waals surface area contributed by atoms with Gasteiger partial charge in [0.1, 0.15) is 10.7 Å². The van der Waals surface area contributed by atoms with E-state index in [1.54, 1.807) is 30.3 Å². The molecular formula is C12H7Cl3N2O2. The van der Waals surface area contributed by atoms with Crippen molar-refractivity contribution in [2.45, 2.75) is 0 Å². The molecule has 4 nitrogen and oxygen atoms in total. The second-order valence-electron chi connectivity index (χ2n) is 3.64. The molecule has 0 fully saturated rings. The van der Waals surface area contributed by atoms with Crippen LogP contribution in [0, 0.1) is 10.1 Å². The molecular weight excluding hydrogens is 311 g/mol. The van der Waals surface area contributed by atoms with E-state index in [9.17, 15) is 10.1 Å². The number of nitrogens with one attached hydrogen (secondary N) is 1. The predicted octanol–water partition coefficient (Wildman–Crippen LogP) is 5.30. The Labute approximate surface area is 124 Å². The Balaban J connectivity index is 2.44. The molecule has 0 radical (unpaired) electrons. The van der Waals surface area contributed by atoms with Gasteiger partial charge in [0.2, 0.25) is 0 Å². The van der Waals surface area contributed by atoms with Gasteiger partial charge in [0.25, 0.3) is 0 Å². The number of hydrogen-bond acceptors (Lipinski definition) is 3. The third kappa shape index (κ3) is 3.10. The van der Waals surface area contributed by atoms with Crippen LogP contribution < -0.4 is 5.32 Å². The van der Waals surface area contributed by atoms with Crippen LogP contribution in [-0.2, 0) is 0 Å². The van der Waals surface area contributed by atoms with Gasteiger partial charge in [-0.1, -0.05) is 40.9 Å². The first-order valence-corrected chi connectivity index (χ1v) is 6.27. The van der Waals surface area contributed by atoms with E-state index in [0.717, 1.165) is 0 Å². The summed E-state index contributed by atoms with van der Waals surface area (Å²) in [6, 6.07) is 9.42. The summed E-state index contributed by atoms with van der Waals surface area (Å²) in [4.78, 5) is 10.5. The van der Waals surface area contributed by atoms with Crippen LogP contribution in [0.5, 0.6) is 0 Å². The molecule has 0 aromatic heterocycles. The van der Waals surface area contributed by atoms with Crippen LogP contribution in [0.15, 0.2) is 36.4 Å². The fourth-order valence-electron chi connectivity index (χ4n) is 1.54. The Morgan fingerprint density at radius 3 is 2.37 bits per heavy atom. The molecule has 1 N–H and O–H groups in total. The van der Waals surface area contributed by atoms with E-state index in [1.165, 1.54) is 6.07 Å². The summed E-state index contributed by atoms with van der Waals surface area (Å²) in [7, 11) is 0. The van der Waals surface area contributed by atoms with E-state index in [4.69, 9.17) is 34.8 Å². The van der Waals surface area contributed by atoms with Crippen molar-refractivity contribution < 1.29 is 4.92 Å². The van der Waals surface area contributed by atoms with Crippen molar-refractivity contribution in [3.8, 4) is 0 Å². The second kappa shape index (κ2) is 5.65. The first kappa shape index (κ1) is 13.9. The fraction of sp³-hybridized carbons (Fsp3) is 0. The van der Waals surface area contributed by atoms with Crippen LogP contribution in [-0.4, -0.2) is 4.92 Å². The van der Waals surface area contributed by atoms with E-state index >= 15 is 0 Å². The normalized spacial score (nSPS) is 10.3. The molecule has 0 aliphatic heterocycles. The molecule has 98 valence electrons. The van der Waals surface area contributed by atoms with Crippen LogP contribution in [0.4, 0.5) is 17.1 Å². The Morgan fingerprint density at radius 2 is 1.74 bits per heavy atom. The first-order chi connectivity index (χ1) is 8.99. The van der Waals surface area contributed by atoms with E-state index in [-0.39, 0.29) is 16.4 Å². The molecule has 0 aliphatic rings. The topological polar surface area (TPSA) is 55.2 Å². The maximum atomic E-state index is 11.0. The van der Waals surface area contributed by atoms with Gasteiger partial charge >= 0.3 is 5.69 Å². The number of benzene rings is 2. The van der Waals surface area contributed by atoms with Crippen molar-refractivity contribution in [3.05, 3.63) is 61.6 Å². The quantitative estimate of drug-likeness (QED) is 0.617. The summed E-state index contributed by atoms with van der Waals surface area (Å²) in [6.45, 7) is 0. The third-order valence-corrected chi connectivity index (χ3v) is 3.22. The van der Waals surface area contributed by atoms with E-state index in [1.807, 2.05) is 0 Å². The van der Waals surface area contributed by atoms with Gasteiger partial charge in [0.05, 0.1) is 15.6 Å². The molecule has 0 saturated heterocycles. The molecule has 0 unspecified atom stereocenters. The van der Waals surface area contributed by atoms with Gasteiger partial charge in [-0.2, -0.15) is 0 Å². The molecule has 0 amide bonds. The molecule has 0 saturated carbocycles. The molecule has 2 rings (SSSR count). The summed E-state index contributed by atoms with van der Waals surface area (Å²) in [5.41, 5.74) is 0.577. The fourth-order valence-corrected chi connectivity index (χ4v) is 2.24. The van der Waals surface area contributed by atoms with E-state index in [2.05, 4.69) is 5.32 Å². The van der Waals surface area contributed by atoms with Gasteiger partial charge in [-0.3, -0.25) is 10.1 Å². The SMILES string of the molecule is O=[N+]([O-])c1c(Cl)cccc1Nc1ccc(Cl)cc1Cl. The number of para-hydroxylation sites is 1. The van der Waals surface area contributed by atoms with Crippen molar-refractivity contribution in [2.24, 2.45) is 0 Å². The number of rotatable bonds is 3. The lowest BCUT2D eigenvalue weighted by Gasteiger charge is -2.09. The summed E-state index contributed by atoms with van der Waals surface area (Å²) in [5.74, 6) is 0. The molecule has 0 aliphatic carbocycles. The highest BCUT2D eigenvalue weighted by Gasteiger charge is 2.18. The highest BCUT2D eigenvalue weighted by molar-refractivity contribution is 6.36. The first-order valence-electron chi connectivity index (χ1n) is 5.14. The minimum atomic E-state index is -0.547. The molecule has 0 heterocycles. The molecule has 0 atom stereocenters. The minimum absolute atomic E-state index is 0.0556. The van der Waals surface area contributed by atoms with Crippen LogP contribution in [0.2, 0.25) is 15.1 Å². The molecule has 0 spiro atoms. The average Bonchev–Trinajstić information content (AvgIpc) is 2.32. The highest BCUT2D eigenvalue weighted by atomic mass is 35.5. The minimum Gasteiger partial charge on any atom is -0.349 e. The number of anilines is 2. The zero-order chi connectivity index (χ0) is 14.0. The lowest BCUT2D eigenvalue weighted by Crippen LogP contribution is -1.98. The molecule has 19 heavy (non-hydrogen) atoms. The zero-order valence-electron chi connectivity index (χ0n) is 9.36. The molecule has 7 heteroatoms. The van der Waals surface area contributed by atoms with Crippen molar-refractivity contribution in [3.63, 3.8) is 0 Å². The molecule has 2 aromatic rings. The second-order valence-corrected chi connectivity index (χ2v) is 4.89. The standard InChI is InChI=1S/C12H7Cl3N2O2/c13-7-4-5-10(9(15)6-7)16-11-3-1-2-8(14)12(11)17(18)19/h1-6,16H. The van der Waals surface area contributed by atoms with Crippen LogP contribution >= 0.6 is 34.8 Å². The average molecular weight is 318 g/mol. The summed E-state index contributed by atoms with van der Waals surface area (Å²) in [6.07, 6.45) is 0. The molecule has 0 bridgehead atoms. The van der Waals surface area contributed by atoms with Gasteiger partial charge in [-0.05, 0) is 30.3 Å². The maximum absolute atomic E-state index is 11.0. The highest BCUT2D eigenvalue weighted by Crippen LogP contribution is 2.36. The predicted molar refractivity (Wildman–Crippen MR) is 77.9 cm³/mol. The van der Waals surface area contributed by atoms with Gasteiger partial charge < -0.3 is 5.32 Å². The summed E-state index contributed by atoms with van der Waals surface area (Å²) < 4.78 is 0. The number of hydrogen-bond donors (Lipinski definition) is 1. The van der Waals surface area contributed by atoms with Crippen molar-refractivity contribution in [1.29, 1.82) is 0 Å². The Hall–Kier alpha value is -1.49. The van der Waals surface area contributed by atoms with Gasteiger partial charge in [-0.15, -0.1) is 0 Å². The van der Waals surface area contributed by atoms with Crippen LogP contribution in [0.3, 0.4) is 0 Å². The van der Waals surface area contributed by atoms with Crippen molar-refractivity contribution >= 4 is 51.9 Å². The Kier molecular flexibility index (Phi) is 4.14. The maximum Gasteiger partial charge on any atom is 0.311 e. The van der Waals surface area contributed by atoms with Gasteiger partial charge in [-0.25, -0.2) is 0 Å². The van der Waals surface area contributed by atoms with Gasteiger partial charge in [0.15, 0.2) is 0 Å². The molecule has 2 aromatic carbocycles. The smallest absolute Gasteiger partial charge is 0.311 e. The Bertz CT molecular complexity index is 647. The third-order valence-electron chi connectivity index (χ3n) is 2.37. The van der Waals surface area contributed by atoms with Crippen molar-refractivity contribution in [2.75, 3.05) is 5.32 Å². The van der Waals surface area contributed by atoms with Crippen LogP contribution in [0.1, 0.15) is 0 Å². The number of nitro groups is 1. The van der Waals surface area contributed by atoms with Crippen molar-refractivity contribution in [1.82, 2.24) is 0 Å².